The summed E-state index contributed by atoms with van der Waals surface area (Å²) in [6.45, 7) is 0. The van der Waals surface area contributed by atoms with Gasteiger partial charge in [0.05, 0.1) is 11.0 Å². The fourth-order valence-corrected chi connectivity index (χ4v) is 2.07. The summed E-state index contributed by atoms with van der Waals surface area (Å²) >= 11 is 7.84. The molecule has 1 aliphatic rings. The van der Waals surface area contributed by atoms with E-state index in [4.69, 9.17) is 0 Å². The highest BCUT2D eigenvalue weighted by atomic mass is 32.2. The zero-order chi connectivity index (χ0) is 6.85. The van der Waals surface area contributed by atoms with Gasteiger partial charge in [-0.25, -0.2) is 8.93 Å². The van der Waals surface area contributed by atoms with Crippen LogP contribution in [0.4, 0.5) is 0 Å². The minimum atomic E-state index is -0.894. The smallest absolute Gasteiger partial charge is 0.106 e. The minimum Gasteiger partial charge on any atom is -0.243 e. The molecule has 1 N–H and O–H groups in total. The van der Waals surface area contributed by atoms with Crippen molar-refractivity contribution in [1.29, 1.82) is 0 Å². The van der Waals surface area contributed by atoms with Crippen LogP contribution in [0, 0.1) is 0 Å². The molecule has 0 aromatic heterocycles. The van der Waals surface area contributed by atoms with Crippen molar-refractivity contribution in [3.63, 3.8) is 0 Å². The van der Waals surface area contributed by atoms with E-state index < -0.39 is 11.0 Å². The van der Waals surface area contributed by atoms with Crippen LogP contribution in [0.1, 0.15) is 12.8 Å². The minimum absolute atomic E-state index is 0.258. The molecule has 0 saturated heterocycles. The molecule has 1 rings (SSSR count). The van der Waals surface area contributed by atoms with Gasteiger partial charge in [0.25, 0.3) is 0 Å². The van der Waals surface area contributed by atoms with Gasteiger partial charge in [-0.15, -0.1) is 25.3 Å². The Balaban J connectivity index is 2.18. The van der Waals surface area contributed by atoms with E-state index >= 15 is 0 Å². The Morgan fingerprint density at radius 3 is 2.44 bits per heavy atom. The zero-order valence-electron chi connectivity index (χ0n) is 4.78. The summed E-state index contributed by atoms with van der Waals surface area (Å²) in [6.07, 6.45) is 2.15. The summed E-state index contributed by atoms with van der Waals surface area (Å²) in [5.41, 5.74) is 0. The first-order valence-electron chi connectivity index (χ1n) is 2.73. The second-order valence-electron chi connectivity index (χ2n) is 1.99. The second kappa shape index (κ2) is 3.27. The van der Waals surface area contributed by atoms with Gasteiger partial charge in [0.15, 0.2) is 0 Å². The number of thiol groups is 2. The van der Waals surface area contributed by atoms with Gasteiger partial charge in [-0.2, -0.15) is 0 Å². The predicted octanol–water partition coefficient (Wildman–Crippen LogP) is 0.545. The monoisotopic (exact) mass is 183 g/mol. The maximum atomic E-state index is 10.9. The van der Waals surface area contributed by atoms with Gasteiger partial charge in [-0.05, 0) is 12.8 Å². The Morgan fingerprint density at radius 2 is 2.11 bits per heavy atom. The van der Waals surface area contributed by atoms with Crippen LogP contribution >= 0.6 is 25.3 Å². The van der Waals surface area contributed by atoms with Crippen molar-refractivity contribution in [2.45, 2.75) is 22.8 Å². The van der Waals surface area contributed by atoms with Crippen molar-refractivity contribution in [3.05, 3.63) is 0 Å². The van der Waals surface area contributed by atoms with E-state index in [-0.39, 0.29) is 4.71 Å². The average Bonchev–Trinajstić information content (AvgIpc) is 2.40. The van der Waals surface area contributed by atoms with E-state index in [0.29, 0.717) is 5.25 Å². The molecule has 1 unspecified atom stereocenters. The molecule has 0 spiro atoms. The van der Waals surface area contributed by atoms with Gasteiger partial charge in [-0.1, -0.05) is 0 Å². The molecule has 1 atom stereocenters. The molecule has 0 aromatic rings. The summed E-state index contributed by atoms with van der Waals surface area (Å²) < 4.78 is 13.4. The Hall–Kier alpha value is 0.810. The number of rotatable bonds is 3. The Kier molecular flexibility index (Phi) is 2.88. The van der Waals surface area contributed by atoms with Crippen molar-refractivity contribution < 1.29 is 4.21 Å². The van der Waals surface area contributed by atoms with E-state index in [2.05, 4.69) is 30.0 Å². The molecular formula is C4H9NOS3. The second-order valence-corrected chi connectivity index (χ2v) is 4.93. The average molecular weight is 183 g/mol. The maximum absolute atomic E-state index is 10.9. The summed E-state index contributed by atoms with van der Waals surface area (Å²) in [7, 11) is -0.894. The van der Waals surface area contributed by atoms with E-state index in [1.165, 1.54) is 0 Å². The lowest BCUT2D eigenvalue weighted by Gasteiger charge is -2.03. The standard InChI is InChI=1S/C4H9NOS3/c6-9(3-1-2-3)5-4(7)8/h3-5,7-8H,1-2H2. The Labute approximate surface area is 68.2 Å². The quantitative estimate of drug-likeness (QED) is 0.433. The predicted molar refractivity (Wildman–Crippen MR) is 46.1 cm³/mol. The van der Waals surface area contributed by atoms with Crippen molar-refractivity contribution in [2.24, 2.45) is 0 Å². The summed E-state index contributed by atoms with van der Waals surface area (Å²) in [5, 5.41) is 0.367. The number of hydrogen-bond donors (Lipinski definition) is 3. The van der Waals surface area contributed by atoms with Crippen LogP contribution in [0.25, 0.3) is 0 Å². The molecule has 1 aliphatic carbocycles. The lowest BCUT2D eigenvalue weighted by atomic mass is 11.0. The normalized spacial score (nSPS) is 22.6. The third-order valence-corrected chi connectivity index (χ3v) is 3.20. The highest BCUT2D eigenvalue weighted by Crippen LogP contribution is 2.25. The van der Waals surface area contributed by atoms with Crippen LogP contribution in [0.15, 0.2) is 0 Å². The van der Waals surface area contributed by atoms with Gasteiger partial charge < -0.3 is 0 Å². The molecule has 9 heavy (non-hydrogen) atoms. The van der Waals surface area contributed by atoms with Gasteiger partial charge in [-0.3, -0.25) is 0 Å². The Bertz CT molecular complexity index is 123. The van der Waals surface area contributed by atoms with Crippen LogP contribution in [0.2, 0.25) is 0 Å². The van der Waals surface area contributed by atoms with E-state index in [1.807, 2.05) is 0 Å². The van der Waals surface area contributed by atoms with Crippen molar-refractivity contribution in [2.75, 3.05) is 0 Å². The third kappa shape index (κ3) is 2.93. The lowest BCUT2D eigenvalue weighted by molar-refractivity contribution is 0.675. The molecule has 0 bridgehead atoms. The van der Waals surface area contributed by atoms with E-state index in [0.717, 1.165) is 12.8 Å². The molecule has 1 saturated carbocycles. The van der Waals surface area contributed by atoms with Crippen LogP contribution in [-0.4, -0.2) is 14.2 Å². The first kappa shape index (κ1) is 7.91. The molecule has 0 radical (unpaired) electrons. The Morgan fingerprint density at radius 1 is 1.56 bits per heavy atom. The highest BCUT2D eigenvalue weighted by molar-refractivity contribution is 8.00. The topological polar surface area (TPSA) is 29.1 Å². The first-order chi connectivity index (χ1) is 4.20. The van der Waals surface area contributed by atoms with Crippen LogP contribution < -0.4 is 4.72 Å². The van der Waals surface area contributed by atoms with Crippen LogP contribution in [0.3, 0.4) is 0 Å². The largest absolute Gasteiger partial charge is 0.243 e. The fourth-order valence-electron chi connectivity index (χ4n) is 0.482. The highest BCUT2D eigenvalue weighted by Gasteiger charge is 2.28. The van der Waals surface area contributed by atoms with Gasteiger partial charge in [0.1, 0.15) is 4.71 Å². The molecule has 0 aromatic carbocycles. The summed E-state index contributed by atoms with van der Waals surface area (Å²) in [4.78, 5) is 0. The molecule has 2 nitrogen and oxygen atoms in total. The SMILES string of the molecule is O=S(NC(S)S)C1CC1. The first-order valence-corrected chi connectivity index (χ1v) is 4.97. The van der Waals surface area contributed by atoms with Crippen LogP contribution in [-0.2, 0) is 11.0 Å². The zero-order valence-corrected chi connectivity index (χ0v) is 7.39. The van der Waals surface area contributed by atoms with Gasteiger partial charge >= 0.3 is 0 Å². The molecule has 0 heterocycles. The molecule has 0 aliphatic heterocycles. The third-order valence-electron chi connectivity index (χ3n) is 1.05. The molecular weight excluding hydrogens is 174 g/mol. The van der Waals surface area contributed by atoms with Crippen molar-refractivity contribution in [3.8, 4) is 0 Å². The number of nitrogens with one attached hydrogen (secondary N) is 1. The van der Waals surface area contributed by atoms with Crippen LogP contribution in [0.5, 0.6) is 0 Å². The lowest BCUT2D eigenvalue weighted by Crippen LogP contribution is -2.24. The summed E-state index contributed by atoms with van der Waals surface area (Å²) in [6, 6.07) is 0. The van der Waals surface area contributed by atoms with Gasteiger partial charge in [0, 0.05) is 5.25 Å². The van der Waals surface area contributed by atoms with E-state index in [1.54, 1.807) is 0 Å². The van der Waals surface area contributed by atoms with Crippen molar-refractivity contribution in [1.82, 2.24) is 4.72 Å². The molecule has 0 amide bonds. The fraction of sp³-hybridized carbons (Fsp3) is 1.00. The molecule has 54 valence electrons. The van der Waals surface area contributed by atoms with Gasteiger partial charge in [0.2, 0.25) is 0 Å². The summed E-state index contributed by atoms with van der Waals surface area (Å²) in [5.74, 6) is 0. The maximum Gasteiger partial charge on any atom is 0.106 e. The molecule has 5 heteroatoms. The molecule has 1 fully saturated rings. The number of hydrogen-bond acceptors (Lipinski definition) is 3. The van der Waals surface area contributed by atoms with E-state index in [9.17, 15) is 4.21 Å². The van der Waals surface area contributed by atoms with Crippen molar-refractivity contribution >= 4 is 36.2 Å².